The number of hydrogen-bond donors (Lipinski definition) is 0. The lowest BCUT2D eigenvalue weighted by atomic mass is 10.7. The Morgan fingerprint density at radius 2 is 2.29 bits per heavy atom. The smallest absolute Gasteiger partial charge is 0.0814 e. The third-order valence-electron chi connectivity index (χ3n) is 0.486. The third-order valence-corrected chi connectivity index (χ3v) is 1.97. The lowest BCUT2D eigenvalue weighted by Gasteiger charge is -1.62. The molecular formula is C4H6BBrS. The zero-order valence-electron chi connectivity index (χ0n) is 3.02. The number of hydrogen-bond acceptors (Lipinski definition) is 1. The van der Waals surface area contributed by atoms with E-state index < -0.39 is 0 Å². The van der Waals surface area contributed by atoms with E-state index in [9.17, 15) is 0 Å². The van der Waals surface area contributed by atoms with E-state index in [1.807, 2.05) is 17.5 Å². The molecule has 38 valence electrons. The van der Waals surface area contributed by atoms with Gasteiger partial charge in [0.15, 0.2) is 0 Å². The minimum Gasteiger partial charge on any atom is -0.137 e. The Morgan fingerprint density at radius 3 is 2.43 bits per heavy atom. The topological polar surface area (TPSA) is 0 Å². The molecule has 0 fully saturated rings. The average Bonchev–Trinajstić information content (AvgIpc) is 1.86. The van der Waals surface area contributed by atoms with Gasteiger partial charge in [-0.2, -0.15) is 0 Å². The standard InChI is InChI=1S/C4H3BrS.BH3/c5-4-2-1-3-6-4;/h1-3H;1H3. The van der Waals surface area contributed by atoms with Crippen molar-refractivity contribution in [2.24, 2.45) is 0 Å². The summed E-state index contributed by atoms with van der Waals surface area (Å²) in [6.45, 7) is 0. The van der Waals surface area contributed by atoms with Crippen molar-refractivity contribution < 1.29 is 0 Å². The molecule has 0 bridgehead atoms. The number of thiophene rings is 1. The lowest BCUT2D eigenvalue weighted by Crippen LogP contribution is -1.29. The molecule has 0 N–H and O–H groups in total. The van der Waals surface area contributed by atoms with Crippen LogP contribution in [-0.2, 0) is 0 Å². The average molecular weight is 177 g/mol. The predicted molar refractivity (Wildman–Crippen MR) is 42.0 cm³/mol. The first-order valence-electron chi connectivity index (χ1n) is 1.58. The highest BCUT2D eigenvalue weighted by atomic mass is 79.9. The van der Waals surface area contributed by atoms with Crippen molar-refractivity contribution in [3.8, 4) is 0 Å². The van der Waals surface area contributed by atoms with E-state index in [-0.39, 0.29) is 8.41 Å². The Bertz CT molecular complexity index is 115. The molecule has 1 heterocycles. The molecule has 0 aliphatic carbocycles. The SMILES string of the molecule is B.Brc1cccs1. The molecule has 0 aliphatic heterocycles. The summed E-state index contributed by atoms with van der Waals surface area (Å²) in [7, 11) is 0. The van der Waals surface area contributed by atoms with E-state index in [1.165, 1.54) is 3.79 Å². The number of rotatable bonds is 0. The van der Waals surface area contributed by atoms with Crippen molar-refractivity contribution in [3.05, 3.63) is 21.3 Å². The Hall–Kier alpha value is 0.245. The molecule has 0 aromatic carbocycles. The van der Waals surface area contributed by atoms with Gasteiger partial charge in [0.1, 0.15) is 0 Å². The summed E-state index contributed by atoms with van der Waals surface area (Å²) in [5, 5.41) is 2.03. The monoisotopic (exact) mass is 176 g/mol. The lowest BCUT2D eigenvalue weighted by molar-refractivity contribution is 1.97. The Balaban J connectivity index is 0.000000360. The first kappa shape index (κ1) is 7.24. The first-order chi connectivity index (χ1) is 2.89. The second kappa shape index (κ2) is 3.27. The maximum absolute atomic E-state index is 3.30. The summed E-state index contributed by atoms with van der Waals surface area (Å²) in [6, 6.07) is 4.03. The van der Waals surface area contributed by atoms with Crippen molar-refractivity contribution >= 4 is 35.7 Å². The number of halogens is 1. The maximum atomic E-state index is 3.30. The van der Waals surface area contributed by atoms with Gasteiger partial charge in [0.2, 0.25) is 0 Å². The van der Waals surface area contributed by atoms with E-state index in [0.29, 0.717) is 0 Å². The van der Waals surface area contributed by atoms with Crippen LogP contribution in [0, 0.1) is 0 Å². The molecule has 0 radical (unpaired) electrons. The van der Waals surface area contributed by atoms with Gasteiger partial charge in [-0.1, -0.05) is 6.07 Å². The highest BCUT2D eigenvalue weighted by Gasteiger charge is 1.77. The first-order valence-corrected chi connectivity index (χ1v) is 3.26. The van der Waals surface area contributed by atoms with Gasteiger partial charge in [-0.05, 0) is 27.4 Å². The highest BCUT2D eigenvalue weighted by Crippen LogP contribution is 2.14. The van der Waals surface area contributed by atoms with Crippen LogP contribution in [0.4, 0.5) is 0 Å². The van der Waals surface area contributed by atoms with Gasteiger partial charge in [-0.15, -0.1) is 11.3 Å². The quantitative estimate of drug-likeness (QED) is 0.524. The molecule has 0 saturated heterocycles. The van der Waals surface area contributed by atoms with E-state index in [1.54, 1.807) is 11.3 Å². The van der Waals surface area contributed by atoms with Crippen LogP contribution < -0.4 is 0 Å². The summed E-state index contributed by atoms with van der Waals surface area (Å²) in [4.78, 5) is 0. The summed E-state index contributed by atoms with van der Waals surface area (Å²) < 4.78 is 1.20. The molecule has 0 amide bonds. The fraction of sp³-hybridized carbons (Fsp3) is 0. The molecular weight excluding hydrogens is 171 g/mol. The van der Waals surface area contributed by atoms with Crippen LogP contribution in [0.15, 0.2) is 21.3 Å². The van der Waals surface area contributed by atoms with E-state index in [0.717, 1.165) is 0 Å². The van der Waals surface area contributed by atoms with E-state index in [2.05, 4.69) is 15.9 Å². The summed E-state index contributed by atoms with van der Waals surface area (Å²) >= 11 is 4.99. The van der Waals surface area contributed by atoms with Crippen molar-refractivity contribution in [3.63, 3.8) is 0 Å². The molecule has 0 aliphatic rings. The van der Waals surface area contributed by atoms with Crippen LogP contribution in [0.5, 0.6) is 0 Å². The van der Waals surface area contributed by atoms with Gasteiger partial charge in [0.25, 0.3) is 0 Å². The van der Waals surface area contributed by atoms with Gasteiger partial charge < -0.3 is 0 Å². The molecule has 3 heteroatoms. The largest absolute Gasteiger partial charge is 0.137 e. The summed E-state index contributed by atoms with van der Waals surface area (Å²) in [6.07, 6.45) is 0. The molecule has 1 aromatic heterocycles. The van der Waals surface area contributed by atoms with Gasteiger partial charge in [0, 0.05) is 0 Å². The van der Waals surface area contributed by atoms with Gasteiger partial charge in [-0.25, -0.2) is 0 Å². The minimum atomic E-state index is 0. The second-order valence-electron chi connectivity index (χ2n) is 0.917. The van der Waals surface area contributed by atoms with Crippen molar-refractivity contribution in [2.45, 2.75) is 0 Å². The highest BCUT2D eigenvalue weighted by molar-refractivity contribution is 9.11. The second-order valence-corrected chi connectivity index (χ2v) is 3.24. The molecule has 7 heavy (non-hydrogen) atoms. The molecule has 0 atom stereocenters. The third kappa shape index (κ3) is 2.14. The molecule has 0 unspecified atom stereocenters. The van der Waals surface area contributed by atoms with E-state index in [4.69, 9.17) is 0 Å². The van der Waals surface area contributed by atoms with Gasteiger partial charge in [-0.3, -0.25) is 0 Å². The van der Waals surface area contributed by atoms with Gasteiger partial charge in [0.05, 0.1) is 12.2 Å². The maximum Gasteiger partial charge on any atom is 0.0814 e. The zero-order chi connectivity index (χ0) is 4.41. The molecule has 0 saturated carbocycles. The van der Waals surface area contributed by atoms with Crippen LogP contribution in [0.2, 0.25) is 0 Å². The van der Waals surface area contributed by atoms with Crippen LogP contribution in [0.3, 0.4) is 0 Å². The normalized spacial score (nSPS) is 7.57. The summed E-state index contributed by atoms with van der Waals surface area (Å²) in [5.41, 5.74) is 0. The van der Waals surface area contributed by atoms with Crippen molar-refractivity contribution in [2.75, 3.05) is 0 Å². The molecule has 1 rings (SSSR count). The molecule has 0 nitrogen and oxygen atoms in total. The Kier molecular flexibility index (Phi) is 3.39. The molecule has 0 spiro atoms. The van der Waals surface area contributed by atoms with Crippen LogP contribution >= 0.6 is 27.3 Å². The predicted octanol–water partition coefficient (Wildman–Crippen LogP) is 1.33. The van der Waals surface area contributed by atoms with Gasteiger partial charge >= 0.3 is 0 Å². The Morgan fingerprint density at radius 1 is 1.57 bits per heavy atom. The Labute approximate surface area is 57.3 Å². The van der Waals surface area contributed by atoms with Crippen LogP contribution in [0.1, 0.15) is 0 Å². The van der Waals surface area contributed by atoms with E-state index >= 15 is 0 Å². The fourth-order valence-electron chi connectivity index (χ4n) is 0.259. The van der Waals surface area contributed by atoms with Crippen LogP contribution in [-0.4, -0.2) is 8.41 Å². The van der Waals surface area contributed by atoms with Crippen LogP contribution in [0.25, 0.3) is 0 Å². The van der Waals surface area contributed by atoms with Crippen molar-refractivity contribution in [1.82, 2.24) is 0 Å². The van der Waals surface area contributed by atoms with Crippen molar-refractivity contribution in [1.29, 1.82) is 0 Å². The summed E-state index contributed by atoms with van der Waals surface area (Å²) in [5.74, 6) is 0. The zero-order valence-corrected chi connectivity index (χ0v) is 5.42. The molecule has 1 aromatic rings. The minimum absolute atomic E-state index is 0. The fourth-order valence-corrected chi connectivity index (χ4v) is 1.18.